The van der Waals surface area contributed by atoms with Crippen molar-refractivity contribution in [1.29, 1.82) is 0 Å². The van der Waals surface area contributed by atoms with Crippen molar-refractivity contribution in [2.24, 2.45) is 0 Å². The Hall–Kier alpha value is -3.48. The van der Waals surface area contributed by atoms with Crippen LogP contribution in [0, 0.1) is 0 Å². The van der Waals surface area contributed by atoms with Crippen LogP contribution in [-0.4, -0.2) is 118 Å². The van der Waals surface area contributed by atoms with Crippen molar-refractivity contribution in [1.82, 2.24) is 0 Å². The maximum Gasteiger partial charge on any atom is 0.458 e. The van der Waals surface area contributed by atoms with Crippen molar-refractivity contribution >= 4 is 0 Å². The predicted octanol–water partition coefficient (Wildman–Crippen LogP) is 10.6. The lowest BCUT2D eigenvalue weighted by molar-refractivity contribution is -0.625. The number of rotatable bonds is 10. The van der Waals surface area contributed by atoms with Crippen LogP contribution < -0.4 is 0 Å². The SMILES string of the molecule is OC(F)(C(F)(F)C(OC(=C(F)F)C(F)(F)C(O)(F)C(F)(F)C1(F)OC(F)(C(F)(F)F)C(F)(F)OC1(F)C(F)(F)F)=C(F)F)C(F)(F)C1(F)OC(F)(C(F)(F)F)C(F)(F)OC1(F)C(F)(F)F. The molecular formula is C22H2F36O7. The van der Waals surface area contributed by atoms with Gasteiger partial charge in [0.05, 0.1) is 0 Å². The van der Waals surface area contributed by atoms with Crippen LogP contribution in [-0.2, 0) is 23.7 Å². The van der Waals surface area contributed by atoms with E-state index < -0.39 is 131 Å². The normalized spacial score (nSPS) is 34.0. The monoisotopic (exact) mass is 1060 g/mol. The van der Waals surface area contributed by atoms with E-state index in [0.717, 1.165) is 0 Å². The summed E-state index contributed by atoms with van der Waals surface area (Å²) in [6, 6.07) is 0. The Morgan fingerprint density at radius 2 is 0.523 bits per heavy atom. The third kappa shape index (κ3) is 7.13. The van der Waals surface area contributed by atoms with E-state index in [9.17, 15) is 149 Å². The van der Waals surface area contributed by atoms with Gasteiger partial charge < -0.3 is 14.9 Å². The lowest BCUT2D eigenvalue weighted by atomic mass is 9.88. The van der Waals surface area contributed by atoms with Gasteiger partial charge >= 0.3 is 120 Å². The van der Waals surface area contributed by atoms with E-state index in [1.807, 2.05) is 0 Å². The molecule has 2 aliphatic rings. The van der Waals surface area contributed by atoms with Crippen LogP contribution in [0.15, 0.2) is 23.7 Å². The Kier molecular flexibility index (Phi) is 12.9. The summed E-state index contributed by atoms with van der Waals surface area (Å²) in [5.74, 6) is -120. The summed E-state index contributed by atoms with van der Waals surface area (Å²) in [4.78, 5) is 0. The standard InChI is InChI=1S/C22H2F36O7/c23-3(24)1(5(27,28)9(35,59)7(31,32)11(37)13(39,17(43,44)45)64-21(55,56)15(41,62-11)19(49,50)51)61-2(4(25)26)6(29,30)10(36,60)8(33,34)12(38)14(40,18(46,47)48)65-22(57,58)16(42,63-12)20(52,53)54/h59-60H. The van der Waals surface area contributed by atoms with E-state index in [2.05, 4.69) is 0 Å². The molecule has 2 rings (SSSR count). The van der Waals surface area contributed by atoms with Crippen LogP contribution in [0.3, 0.4) is 0 Å². The Bertz CT molecular complexity index is 1770. The number of hydrogen-bond donors (Lipinski definition) is 2. The van der Waals surface area contributed by atoms with Crippen LogP contribution in [0.25, 0.3) is 0 Å². The topological polar surface area (TPSA) is 86.6 Å². The number of alkyl halides is 32. The van der Waals surface area contributed by atoms with Crippen LogP contribution in [0.1, 0.15) is 0 Å². The van der Waals surface area contributed by atoms with Crippen molar-refractivity contribution in [2.75, 3.05) is 0 Å². The molecule has 2 saturated heterocycles. The number of hydrogen-bond acceptors (Lipinski definition) is 7. The van der Waals surface area contributed by atoms with E-state index in [-0.39, 0.29) is 0 Å². The predicted molar refractivity (Wildman–Crippen MR) is 113 cm³/mol. The highest BCUT2D eigenvalue weighted by Gasteiger charge is 3.00. The molecule has 0 aliphatic carbocycles. The van der Waals surface area contributed by atoms with E-state index >= 15 is 8.78 Å². The molecule has 2 aliphatic heterocycles. The maximum atomic E-state index is 15.2. The number of aliphatic hydroxyl groups is 2. The van der Waals surface area contributed by atoms with Crippen LogP contribution in [0.5, 0.6) is 0 Å². The van der Waals surface area contributed by atoms with Gasteiger partial charge in [0.25, 0.3) is 0 Å². The van der Waals surface area contributed by atoms with Gasteiger partial charge in [-0.1, -0.05) is 0 Å². The lowest BCUT2D eigenvalue weighted by Crippen LogP contribution is -2.83. The zero-order valence-electron chi connectivity index (χ0n) is 27.5. The Balaban J connectivity index is 3.03. The van der Waals surface area contributed by atoms with Gasteiger partial charge in [-0.25, -0.2) is 0 Å². The second-order valence-corrected chi connectivity index (χ2v) is 11.8. The third-order valence-corrected chi connectivity index (χ3v) is 7.72. The second kappa shape index (κ2) is 14.5. The summed E-state index contributed by atoms with van der Waals surface area (Å²) < 4.78 is 510. The fourth-order valence-corrected chi connectivity index (χ4v) is 4.38. The molecule has 2 heterocycles. The van der Waals surface area contributed by atoms with E-state index in [1.165, 1.54) is 18.9 Å². The highest BCUT2D eigenvalue weighted by molar-refractivity contribution is 5.27. The van der Waals surface area contributed by atoms with E-state index in [0.29, 0.717) is 0 Å². The molecule has 8 atom stereocenters. The minimum atomic E-state index is -9.52. The van der Waals surface area contributed by atoms with E-state index in [4.69, 9.17) is 10.2 Å². The first-order valence-electron chi connectivity index (χ1n) is 13.8. The average molecular weight is 1060 g/mol. The van der Waals surface area contributed by atoms with Gasteiger partial charge in [-0.15, -0.1) is 0 Å². The van der Waals surface area contributed by atoms with Gasteiger partial charge in [-0.3, -0.25) is 18.9 Å². The maximum absolute atomic E-state index is 15.2. The van der Waals surface area contributed by atoms with Gasteiger partial charge in [0.15, 0.2) is 0 Å². The van der Waals surface area contributed by atoms with Crippen molar-refractivity contribution in [3.05, 3.63) is 23.7 Å². The minimum absolute atomic E-state index is 1.30. The summed E-state index contributed by atoms with van der Waals surface area (Å²) in [5.41, 5.74) is 0. The van der Waals surface area contributed by atoms with Crippen molar-refractivity contribution < 1.29 is 192 Å². The first kappa shape index (κ1) is 57.6. The summed E-state index contributed by atoms with van der Waals surface area (Å²) in [5, 5.41) is 18.0. The molecule has 65 heavy (non-hydrogen) atoms. The summed E-state index contributed by atoms with van der Waals surface area (Å²) in [6.45, 7) is 0. The zero-order chi connectivity index (χ0) is 52.8. The fraction of sp³-hybridized carbons (Fsp3) is 0.818. The smallest absolute Gasteiger partial charge is 0.442 e. The number of ether oxygens (including phenoxy) is 5. The molecule has 0 spiro atoms. The minimum Gasteiger partial charge on any atom is -0.442 e. The van der Waals surface area contributed by atoms with Crippen LogP contribution in [0.4, 0.5) is 158 Å². The molecule has 0 saturated carbocycles. The van der Waals surface area contributed by atoms with Crippen molar-refractivity contribution in [2.45, 2.75) is 107 Å². The van der Waals surface area contributed by atoms with E-state index in [1.54, 1.807) is 4.74 Å². The average Bonchev–Trinajstić information content (AvgIpc) is 3.03. The van der Waals surface area contributed by atoms with Gasteiger partial charge in [0.2, 0.25) is 11.5 Å². The number of halogens is 36. The molecule has 0 aromatic carbocycles. The summed E-state index contributed by atoms with van der Waals surface area (Å²) in [7, 11) is 0. The molecule has 0 aromatic heterocycles. The molecule has 7 nitrogen and oxygen atoms in total. The molecule has 0 radical (unpaired) electrons. The van der Waals surface area contributed by atoms with Crippen LogP contribution >= 0.6 is 0 Å². The van der Waals surface area contributed by atoms with Gasteiger partial charge in [0.1, 0.15) is 0 Å². The van der Waals surface area contributed by atoms with Crippen molar-refractivity contribution in [3.8, 4) is 0 Å². The summed E-state index contributed by atoms with van der Waals surface area (Å²) in [6.07, 6.45) is -61.2. The molecule has 0 amide bonds. The van der Waals surface area contributed by atoms with Gasteiger partial charge in [-0.2, -0.15) is 158 Å². The fourth-order valence-electron chi connectivity index (χ4n) is 4.38. The second-order valence-electron chi connectivity index (χ2n) is 11.8. The Labute approximate surface area is 324 Å². The Morgan fingerprint density at radius 1 is 0.323 bits per heavy atom. The molecule has 384 valence electrons. The molecule has 0 aromatic rings. The van der Waals surface area contributed by atoms with Crippen molar-refractivity contribution in [3.63, 3.8) is 0 Å². The molecule has 2 fully saturated rings. The van der Waals surface area contributed by atoms with Gasteiger partial charge in [0, 0.05) is 0 Å². The first-order valence-corrected chi connectivity index (χ1v) is 13.8. The molecular weight excluding hydrogens is 1060 g/mol. The quantitative estimate of drug-likeness (QED) is 0.167. The third-order valence-electron chi connectivity index (χ3n) is 7.72. The zero-order valence-corrected chi connectivity index (χ0v) is 27.5. The highest BCUT2D eigenvalue weighted by Crippen LogP contribution is 2.70. The molecule has 43 heteroatoms. The Morgan fingerprint density at radius 3 is 0.692 bits per heavy atom. The lowest BCUT2D eigenvalue weighted by Gasteiger charge is -2.53. The summed E-state index contributed by atoms with van der Waals surface area (Å²) >= 11 is 0. The first-order chi connectivity index (χ1) is 27.7. The molecule has 8 unspecified atom stereocenters. The van der Waals surface area contributed by atoms with Gasteiger partial charge in [-0.05, 0) is 0 Å². The molecule has 2 N–H and O–H groups in total. The molecule has 0 bridgehead atoms. The highest BCUT2D eigenvalue weighted by atomic mass is 19.4. The largest absolute Gasteiger partial charge is 0.458 e. The van der Waals surface area contributed by atoms with Crippen LogP contribution in [0.2, 0.25) is 0 Å².